The summed E-state index contributed by atoms with van der Waals surface area (Å²) >= 11 is 1.56. The van der Waals surface area contributed by atoms with Crippen molar-refractivity contribution >= 4 is 17.2 Å². The van der Waals surface area contributed by atoms with Crippen LogP contribution in [0.15, 0.2) is 52.6 Å². The second-order valence-electron chi connectivity index (χ2n) is 7.53. The third kappa shape index (κ3) is 3.84. The second kappa shape index (κ2) is 8.46. The molecule has 0 bridgehead atoms. The quantitative estimate of drug-likeness (QED) is 0.429. The molecule has 1 fully saturated rings. The topological polar surface area (TPSA) is 107 Å². The summed E-state index contributed by atoms with van der Waals surface area (Å²) in [6.45, 7) is 0.559. The lowest BCUT2D eigenvalue weighted by Crippen LogP contribution is -2.32. The van der Waals surface area contributed by atoms with Crippen molar-refractivity contribution in [3.63, 3.8) is 0 Å². The van der Waals surface area contributed by atoms with Gasteiger partial charge in [0.1, 0.15) is 11.4 Å². The Balaban J connectivity index is 1.27. The third-order valence-electron chi connectivity index (χ3n) is 5.34. The minimum absolute atomic E-state index is 0.134. The number of thiophene rings is 1. The van der Waals surface area contributed by atoms with E-state index in [4.69, 9.17) is 4.74 Å². The van der Waals surface area contributed by atoms with Crippen LogP contribution in [0.2, 0.25) is 0 Å². The Hall–Kier alpha value is -3.66. The average molecular weight is 451 g/mol. The maximum Gasteiger partial charge on any atom is 0.346 e. The maximum atomic E-state index is 12.9. The van der Waals surface area contributed by atoms with Crippen LogP contribution in [0, 0.1) is 0 Å². The average Bonchev–Trinajstić information content (AvgIpc) is 3.21. The highest BCUT2D eigenvalue weighted by atomic mass is 32.1. The first kappa shape index (κ1) is 20.3. The number of para-hydroxylation sites is 1. The molecule has 0 aliphatic heterocycles. The number of nitrogens with zero attached hydrogens (tertiary/aromatic N) is 4. The van der Waals surface area contributed by atoms with Crippen molar-refractivity contribution in [3.8, 4) is 27.7 Å². The highest BCUT2D eigenvalue weighted by Gasteiger charge is 2.30. The number of rotatable bonds is 8. The molecule has 3 aromatic heterocycles. The zero-order valence-electron chi connectivity index (χ0n) is 17.4. The Morgan fingerprint density at radius 1 is 1.28 bits per heavy atom. The first-order valence-corrected chi connectivity index (χ1v) is 11.2. The number of hydrogen-bond acceptors (Lipinski definition) is 6. The van der Waals surface area contributed by atoms with E-state index >= 15 is 0 Å². The van der Waals surface area contributed by atoms with Gasteiger partial charge in [0.15, 0.2) is 5.82 Å². The summed E-state index contributed by atoms with van der Waals surface area (Å²) in [4.78, 5) is 26.4. The van der Waals surface area contributed by atoms with Gasteiger partial charge in [-0.15, -0.1) is 16.4 Å². The molecule has 1 aliphatic rings. The van der Waals surface area contributed by atoms with Gasteiger partial charge in [0.05, 0.1) is 24.2 Å². The van der Waals surface area contributed by atoms with Gasteiger partial charge in [-0.3, -0.25) is 14.5 Å². The number of H-pyrrole nitrogens is 1. The first-order valence-electron chi connectivity index (χ1n) is 10.4. The minimum atomic E-state index is -0.299. The first-order chi connectivity index (χ1) is 15.7. The van der Waals surface area contributed by atoms with Crippen LogP contribution in [0.1, 0.15) is 29.4 Å². The lowest BCUT2D eigenvalue weighted by Gasteiger charge is -2.04. The number of ether oxygens (including phenoxy) is 1. The van der Waals surface area contributed by atoms with Gasteiger partial charge in [-0.1, -0.05) is 18.2 Å². The van der Waals surface area contributed by atoms with E-state index in [1.54, 1.807) is 29.1 Å². The molecule has 1 aliphatic carbocycles. The SMILES string of the molecule is COc1ccccc1-c1cc(C(=O)NCCn2nc(-c3cccs3)n(C3CC3)c2=O)[nH]n1. The molecule has 0 radical (unpaired) electrons. The van der Waals surface area contributed by atoms with E-state index < -0.39 is 0 Å². The van der Waals surface area contributed by atoms with Gasteiger partial charge in [-0.25, -0.2) is 9.48 Å². The molecule has 1 aromatic carbocycles. The predicted molar refractivity (Wildman–Crippen MR) is 121 cm³/mol. The molecule has 9 nitrogen and oxygen atoms in total. The Morgan fingerprint density at radius 3 is 2.88 bits per heavy atom. The molecule has 4 aromatic rings. The summed E-state index contributed by atoms with van der Waals surface area (Å²) in [5.41, 5.74) is 1.61. The van der Waals surface area contributed by atoms with Crippen LogP contribution in [-0.2, 0) is 6.54 Å². The number of nitrogens with one attached hydrogen (secondary N) is 2. The normalized spacial score (nSPS) is 13.3. The number of methoxy groups -OCH3 is 1. The summed E-state index contributed by atoms with van der Waals surface area (Å²) < 4.78 is 8.57. The number of aromatic amines is 1. The number of carbonyl (C=O) groups excluding carboxylic acids is 1. The molecule has 32 heavy (non-hydrogen) atoms. The van der Waals surface area contributed by atoms with Crippen LogP contribution < -0.4 is 15.7 Å². The van der Waals surface area contributed by atoms with Crippen molar-refractivity contribution in [3.05, 3.63) is 64.0 Å². The number of amides is 1. The van der Waals surface area contributed by atoms with E-state index in [1.165, 1.54) is 4.68 Å². The molecule has 0 spiro atoms. The highest BCUT2D eigenvalue weighted by molar-refractivity contribution is 7.13. The fourth-order valence-corrected chi connectivity index (χ4v) is 4.31. The van der Waals surface area contributed by atoms with Crippen LogP contribution in [0.4, 0.5) is 0 Å². The molecule has 1 saturated carbocycles. The molecule has 10 heteroatoms. The van der Waals surface area contributed by atoms with Gasteiger partial charge in [-0.2, -0.15) is 5.10 Å². The predicted octanol–water partition coefficient (Wildman–Crippen LogP) is 2.94. The Labute approximate surface area is 187 Å². The van der Waals surface area contributed by atoms with E-state index in [2.05, 4.69) is 20.6 Å². The largest absolute Gasteiger partial charge is 0.496 e. The van der Waals surface area contributed by atoms with Gasteiger partial charge in [0, 0.05) is 18.2 Å². The van der Waals surface area contributed by atoms with E-state index in [0.29, 0.717) is 23.0 Å². The van der Waals surface area contributed by atoms with E-state index in [1.807, 2.05) is 41.8 Å². The van der Waals surface area contributed by atoms with Crippen molar-refractivity contribution in [2.75, 3.05) is 13.7 Å². The number of benzene rings is 1. The molecule has 1 amide bonds. The Morgan fingerprint density at radius 2 is 2.12 bits per heavy atom. The fourth-order valence-electron chi connectivity index (χ4n) is 3.60. The number of aromatic nitrogens is 5. The van der Waals surface area contributed by atoms with Crippen LogP contribution in [0.3, 0.4) is 0 Å². The van der Waals surface area contributed by atoms with Crippen LogP contribution in [0.5, 0.6) is 5.75 Å². The van der Waals surface area contributed by atoms with Crippen molar-refractivity contribution in [1.29, 1.82) is 0 Å². The van der Waals surface area contributed by atoms with Gasteiger partial charge in [0.2, 0.25) is 0 Å². The summed E-state index contributed by atoms with van der Waals surface area (Å²) in [6, 6.07) is 13.3. The number of carbonyl (C=O) groups is 1. The van der Waals surface area contributed by atoms with Crippen LogP contribution >= 0.6 is 11.3 Å². The molecule has 3 heterocycles. The zero-order chi connectivity index (χ0) is 22.1. The standard InChI is InChI=1S/C22H22N6O3S/c1-31-18-6-3-2-5-15(18)16-13-17(25-24-16)21(29)23-10-11-27-22(30)28(14-8-9-14)20(26-27)19-7-4-12-32-19/h2-7,12-14H,8-11H2,1H3,(H,23,29)(H,24,25). The van der Waals surface area contributed by atoms with Crippen LogP contribution in [0.25, 0.3) is 22.0 Å². The second-order valence-corrected chi connectivity index (χ2v) is 8.48. The van der Waals surface area contributed by atoms with E-state index in [0.717, 1.165) is 23.3 Å². The van der Waals surface area contributed by atoms with E-state index in [-0.39, 0.29) is 30.7 Å². The van der Waals surface area contributed by atoms with Gasteiger partial charge in [-0.05, 0) is 42.5 Å². The van der Waals surface area contributed by atoms with E-state index in [9.17, 15) is 9.59 Å². The summed E-state index contributed by atoms with van der Waals surface area (Å²) in [5.74, 6) is 1.08. The molecule has 2 N–H and O–H groups in total. The molecule has 0 atom stereocenters. The van der Waals surface area contributed by atoms with Gasteiger partial charge < -0.3 is 10.1 Å². The Kier molecular flexibility index (Phi) is 5.36. The molecular weight excluding hydrogens is 428 g/mol. The molecule has 164 valence electrons. The van der Waals surface area contributed by atoms with Crippen molar-refractivity contribution in [1.82, 2.24) is 29.9 Å². The summed E-state index contributed by atoms with van der Waals surface area (Å²) in [7, 11) is 1.59. The van der Waals surface area contributed by atoms with Crippen molar-refractivity contribution in [2.45, 2.75) is 25.4 Å². The zero-order valence-corrected chi connectivity index (χ0v) is 18.3. The highest BCUT2D eigenvalue weighted by Crippen LogP contribution is 2.37. The van der Waals surface area contributed by atoms with Crippen LogP contribution in [-0.4, -0.2) is 44.1 Å². The summed E-state index contributed by atoms with van der Waals surface area (Å²) in [5, 5.41) is 16.3. The van der Waals surface area contributed by atoms with Crippen molar-refractivity contribution < 1.29 is 9.53 Å². The number of hydrogen-bond donors (Lipinski definition) is 2. The van der Waals surface area contributed by atoms with Gasteiger partial charge in [0.25, 0.3) is 5.91 Å². The third-order valence-corrected chi connectivity index (χ3v) is 6.20. The molecule has 5 rings (SSSR count). The fraction of sp³-hybridized carbons (Fsp3) is 0.273. The Bertz CT molecular complexity index is 1300. The molecule has 0 unspecified atom stereocenters. The smallest absolute Gasteiger partial charge is 0.346 e. The maximum absolute atomic E-state index is 12.9. The lowest BCUT2D eigenvalue weighted by molar-refractivity contribution is 0.0946. The van der Waals surface area contributed by atoms with Gasteiger partial charge >= 0.3 is 5.69 Å². The van der Waals surface area contributed by atoms with Crippen molar-refractivity contribution in [2.24, 2.45) is 0 Å². The minimum Gasteiger partial charge on any atom is -0.496 e. The molecular formula is C22H22N6O3S. The molecule has 0 saturated heterocycles. The summed E-state index contributed by atoms with van der Waals surface area (Å²) in [6.07, 6.45) is 1.99. The monoisotopic (exact) mass is 450 g/mol. The lowest BCUT2D eigenvalue weighted by atomic mass is 10.1.